The largest absolute Gasteiger partial charge is 0.464 e. The van der Waals surface area contributed by atoms with E-state index in [1.165, 1.54) is 6.33 Å². The third kappa shape index (κ3) is 3.41. The molecule has 0 amide bonds. The lowest BCUT2D eigenvalue weighted by atomic mass is 10.3. The summed E-state index contributed by atoms with van der Waals surface area (Å²) < 4.78 is 6.46. The molecular weight excluding hydrogens is 284 g/mol. The van der Waals surface area contributed by atoms with Gasteiger partial charge in [-0.1, -0.05) is 0 Å². The molecule has 2 aromatic heterocycles. The first-order valence-electron chi connectivity index (χ1n) is 5.93. The Hall–Kier alpha value is -2.22. The fourth-order valence-electron chi connectivity index (χ4n) is 1.42. The highest BCUT2D eigenvalue weighted by atomic mass is 35.5. The third-order valence-electron chi connectivity index (χ3n) is 2.32. The second-order valence-corrected chi connectivity index (χ2v) is 4.15. The minimum Gasteiger partial charge on any atom is -0.464 e. The molecule has 0 aliphatic heterocycles. The molecule has 0 fully saturated rings. The van der Waals surface area contributed by atoms with Gasteiger partial charge in [-0.3, -0.25) is 4.57 Å². The number of hydrogen-bond donors (Lipinski definition) is 1. The first kappa shape index (κ1) is 14.2. The monoisotopic (exact) mass is 296 g/mol. The van der Waals surface area contributed by atoms with E-state index in [2.05, 4.69) is 25.3 Å². The summed E-state index contributed by atoms with van der Waals surface area (Å²) in [6, 6.07) is -0.593. The van der Waals surface area contributed by atoms with Crippen LogP contribution in [-0.4, -0.2) is 43.1 Å². The fourth-order valence-corrected chi connectivity index (χ4v) is 1.57. The Bertz CT molecular complexity index is 589. The second kappa shape index (κ2) is 6.29. The second-order valence-electron chi connectivity index (χ2n) is 3.82. The lowest BCUT2D eigenvalue weighted by Crippen LogP contribution is -2.29. The molecule has 20 heavy (non-hydrogen) atoms. The van der Waals surface area contributed by atoms with Gasteiger partial charge >= 0.3 is 5.97 Å². The van der Waals surface area contributed by atoms with E-state index < -0.39 is 12.0 Å². The quantitative estimate of drug-likeness (QED) is 0.825. The molecule has 2 aromatic rings. The van der Waals surface area contributed by atoms with Crippen LogP contribution in [0, 0.1) is 0 Å². The van der Waals surface area contributed by atoms with Gasteiger partial charge in [-0.25, -0.2) is 9.78 Å². The minimum atomic E-state index is -0.593. The van der Waals surface area contributed by atoms with Gasteiger partial charge in [0.15, 0.2) is 0 Å². The van der Waals surface area contributed by atoms with Crippen LogP contribution in [0.2, 0.25) is 5.28 Å². The number of halogens is 1. The molecule has 9 heteroatoms. The van der Waals surface area contributed by atoms with Crippen LogP contribution >= 0.6 is 11.6 Å². The lowest BCUT2D eigenvalue weighted by molar-refractivity contribution is -0.143. The summed E-state index contributed by atoms with van der Waals surface area (Å²) in [5.41, 5.74) is 0. The van der Waals surface area contributed by atoms with Gasteiger partial charge < -0.3 is 10.1 Å². The summed E-state index contributed by atoms with van der Waals surface area (Å²) >= 11 is 5.84. The number of hydrogen-bond acceptors (Lipinski definition) is 7. The van der Waals surface area contributed by atoms with Crippen LogP contribution in [0.5, 0.6) is 0 Å². The molecule has 0 aromatic carbocycles. The van der Waals surface area contributed by atoms with E-state index in [4.69, 9.17) is 16.3 Å². The number of nitrogens with one attached hydrogen (secondary N) is 1. The van der Waals surface area contributed by atoms with Gasteiger partial charge in [-0.15, -0.1) is 0 Å². The zero-order valence-electron chi connectivity index (χ0n) is 10.9. The first-order valence-corrected chi connectivity index (χ1v) is 6.31. The average molecular weight is 297 g/mol. The van der Waals surface area contributed by atoms with Crippen molar-refractivity contribution in [3.8, 4) is 5.95 Å². The van der Waals surface area contributed by atoms with Gasteiger partial charge in [0.25, 0.3) is 0 Å². The van der Waals surface area contributed by atoms with Crippen molar-refractivity contribution in [1.82, 2.24) is 24.5 Å². The van der Waals surface area contributed by atoms with Crippen molar-refractivity contribution in [2.45, 2.75) is 19.9 Å². The van der Waals surface area contributed by atoms with Crippen molar-refractivity contribution < 1.29 is 9.53 Å². The maximum Gasteiger partial charge on any atom is 0.328 e. The number of rotatable bonds is 5. The standard InChI is InChI=1S/C11H13ClN6O2/c1-3-20-8(19)7(2)14-10-15-9(12)16-11(17-10)18-5-4-13-6-18/h4-7H,3H2,1-2H3,(H,14,15,16,17). The number of aromatic nitrogens is 5. The number of carbonyl (C=O) groups excluding carboxylic acids is 1. The summed E-state index contributed by atoms with van der Waals surface area (Å²) in [6.45, 7) is 3.69. The van der Waals surface area contributed by atoms with E-state index in [0.29, 0.717) is 12.6 Å². The van der Waals surface area contributed by atoms with E-state index in [0.717, 1.165) is 0 Å². The van der Waals surface area contributed by atoms with Gasteiger partial charge in [0, 0.05) is 12.4 Å². The van der Waals surface area contributed by atoms with E-state index in [1.807, 2.05) is 0 Å². The van der Waals surface area contributed by atoms with Crippen LogP contribution in [-0.2, 0) is 9.53 Å². The molecule has 0 bridgehead atoms. The van der Waals surface area contributed by atoms with Crippen LogP contribution in [0.4, 0.5) is 5.95 Å². The zero-order chi connectivity index (χ0) is 14.5. The van der Waals surface area contributed by atoms with Gasteiger partial charge in [0.05, 0.1) is 6.61 Å². The predicted molar refractivity (Wildman–Crippen MR) is 71.7 cm³/mol. The Kier molecular flexibility index (Phi) is 4.46. The predicted octanol–water partition coefficient (Wildman–Crippen LogP) is 1.07. The summed E-state index contributed by atoms with van der Waals surface area (Å²) in [5.74, 6) is 0.100. The molecule has 0 aliphatic rings. The minimum absolute atomic E-state index is 0.0160. The molecule has 0 saturated carbocycles. The van der Waals surface area contributed by atoms with E-state index in [1.54, 1.807) is 30.8 Å². The van der Waals surface area contributed by atoms with Gasteiger partial charge in [0.1, 0.15) is 12.4 Å². The van der Waals surface area contributed by atoms with Crippen LogP contribution < -0.4 is 5.32 Å². The van der Waals surface area contributed by atoms with Gasteiger partial charge in [-0.2, -0.15) is 15.0 Å². The highest BCUT2D eigenvalue weighted by Crippen LogP contribution is 2.10. The van der Waals surface area contributed by atoms with Gasteiger partial charge in [-0.05, 0) is 25.4 Å². The van der Waals surface area contributed by atoms with E-state index in [-0.39, 0.29) is 11.2 Å². The number of nitrogens with zero attached hydrogens (tertiary/aromatic N) is 5. The van der Waals surface area contributed by atoms with Crippen LogP contribution in [0.3, 0.4) is 0 Å². The SMILES string of the molecule is CCOC(=O)C(C)Nc1nc(Cl)nc(-n2ccnc2)n1. The summed E-state index contributed by atoms with van der Waals surface area (Å²) in [7, 11) is 0. The number of esters is 1. The number of imidazole rings is 1. The number of carbonyl (C=O) groups is 1. The van der Waals surface area contributed by atoms with Crippen LogP contribution in [0.25, 0.3) is 5.95 Å². The molecule has 1 atom stereocenters. The van der Waals surface area contributed by atoms with Gasteiger partial charge in [0.2, 0.25) is 17.2 Å². The third-order valence-corrected chi connectivity index (χ3v) is 2.49. The maximum absolute atomic E-state index is 11.5. The smallest absolute Gasteiger partial charge is 0.328 e. The lowest BCUT2D eigenvalue weighted by Gasteiger charge is -2.12. The molecule has 106 valence electrons. The van der Waals surface area contributed by atoms with Crippen molar-refractivity contribution >= 4 is 23.5 Å². The molecule has 0 spiro atoms. The molecule has 0 aliphatic carbocycles. The van der Waals surface area contributed by atoms with E-state index >= 15 is 0 Å². The van der Waals surface area contributed by atoms with Crippen molar-refractivity contribution in [3.05, 3.63) is 24.0 Å². The summed E-state index contributed by atoms with van der Waals surface area (Å²) in [6.07, 6.45) is 4.79. The number of ether oxygens (including phenoxy) is 1. The van der Waals surface area contributed by atoms with Crippen LogP contribution in [0.15, 0.2) is 18.7 Å². The molecule has 0 radical (unpaired) electrons. The van der Waals surface area contributed by atoms with Crippen molar-refractivity contribution in [2.75, 3.05) is 11.9 Å². The molecule has 2 rings (SSSR count). The average Bonchev–Trinajstić information content (AvgIpc) is 2.92. The Morgan fingerprint density at radius 3 is 2.95 bits per heavy atom. The summed E-state index contributed by atoms with van der Waals surface area (Å²) in [5, 5.41) is 2.83. The highest BCUT2D eigenvalue weighted by Gasteiger charge is 2.16. The Labute approximate surface area is 120 Å². The Morgan fingerprint density at radius 1 is 1.50 bits per heavy atom. The van der Waals surface area contributed by atoms with E-state index in [9.17, 15) is 4.79 Å². The first-order chi connectivity index (χ1) is 9.60. The fraction of sp³-hybridized carbons (Fsp3) is 0.364. The number of anilines is 1. The molecule has 8 nitrogen and oxygen atoms in total. The van der Waals surface area contributed by atoms with Crippen molar-refractivity contribution in [3.63, 3.8) is 0 Å². The highest BCUT2D eigenvalue weighted by molar-refractivity contribution is 6.28. The summed E-state index contributed by atoms with van der Waals surface area (Å²) in [4.78, 5) is 27.5. The van der Waals surface area contributed by atoms with Crippen molar-refractivity contribution in [1.29, 1.82) is 0 Å². The molecule has 0 saturated heterocycles. The zero-order valence-corrected chi connectivity index (χ0v) is 11.7. The van der Waals surface area contributed by atoms with Crippen molar-refractivity contribution in [2.24, 2.45) is 0 Å². The molecule has 1 N–H and O–H groups in total. The molecule has 1 unspecified atom stereocenters. The molecular formula is C11H13ClN6O2. The molecule has 2 heterocycles. The maximum atomic E-state index is 11.5. The Balaban J connectivity index is 2.18. The van der Waals surface area contributed by atoms with Crippen LogP contribution in [0.1, 0.15) is 13.8 Å². The Morgan fingerprint density at radius 2 is 2.30 bits per heavy atom. The topological polar surface area (TPSA) is 94.8 Å². The normalized spacial score (nSPS) is 11.9.